The normalized spacial score (nSPS) is 32.6. The Morgan fingerprint density at radius 2 is 1.94 bits per heavy atom. The lowest BCUT2D eigenvalue weighted by molar-refractivity contribution is -0.144. The summed E-state index contributed by atoms with van der Waals surface area (Å²) in [6, 6.07) is 5.36. The van der Waals surface area contributed by atoms with Crippen molar-refractivity contribution in [2.75, 3.05) is 18.5 Å². The summed E-state index contributed by atoms with van der Waals surface area (Å²) in [7, 11) is 0. The fourth-order valence-corrected chi connectivity index (χ4v) is 6.56. The van der Waals surface area contributed by atoms with E-state index >= 15 is 0 Å². The Balaban J connectivity index is 1.66. The van der Waals surface area contributed by atoms with Gasteiger partial charge < -0.3 is 30.1 Å². The Labute approximate surface area is 207 Å². The highest BCUT2D eigenvalue weighted by molar-refractivity contribution is 9.09. The van der Waals surface area contributed by atoms with Crippen molar-refractivity contribution in [3.05, 3.63) is 24.3 Å². The fourth-order valence-electron chi connectivity index (χ4n) is 5.62. The molecule has 3 aliphatic rings. The highest BCUT2D eigenvalue weighted by Gasteiger charge is 2.76. The van der Waals surface area contributed by atoms with Gasteiger partial charge >= 0.3 is 0 Å². The Kier molecular flexibility index (Phi) is 6.94. The predicted octanol–water partition coefficient (Wildman–Crippen LogP) is 1.68. The zero-order chi connectivity index (χ0) is 24.8. The number of rotatable bonds is 8. The maximum absolute atomic E-state index is 13.7. The van der Waals surface area contributed by atoms with E-state index in [0.717, 1.165) is 0 Å². The van der Waals surface area contributed by atoms with E-state index in [2.05, 4.69) is 26.6 Å². The minimum atomic E-state index is -1.14. The summed E-state index contributed by atoms with van der Waals surface area (Å²) < 4.78 is 11.8. The smallest absolute Gasteiger partial charge is 0.246 e. The molecule has 1 aromatic carbocycles. The minimum absolute atomic E-state index is 0.138. The third kappa shape index (κ3) is 3.99. The second kappa shape index (κ2) is 9.47. The monoisotopic (exact) mass is 537 g/mol. The standard InChI is InChI=1S/C24H32BrN3O6/c1-5-33-15-8-6-14(7-9-15)27-21(30)17-18-23(32)28(13(4)11-29)20(22(31)26-12(2)3)24(18)10-16(25)19(17)34-24/h6-9,12-13,16-20,29H,5,10-11H2,1-4H3,(H,26,31)(H,27,30)/t13-,16?,17-,18+,19-,20?,24?/m1/s1. The lowest BCUT2D eigenvalue weighted by Crippen LogP contribution is -2.58. The maximum Gasteiger partial charge on any atom is 0.246 e. The molecule has 3 fully saturated rings. The Morgan fingerprint density at radius 3 is 2.53 bits per heavy atom. The number of likely N-dealkylation sites (tertiary alicyclic amines) is 1. The third-order valence-electron chi connectivity index (χ3n) is 6.88. The van der Waals surface area contributed by atoms with Gasteiger partial charge in [-0.25, -0.2) is 0 Å². The van der Waals surface area contributed by atoms with Crippen molar-refractivity contribution in [1.29, 1.82) is 0 Å². The SMILES string of the molecule is CCOc1ccc(NC(=O)[C@H]2[C@@H]3OC4(CC3Br)C(C(=O)NC(C)C)N([C@H](C)CO)C(=O)[C@H]24)cc1. The molecule has 3 amide bonds. The second-order valence-electron chi connectivity index (χ2n) is 9.55. The number of nitrogens with zero attached hydrogens (tertiary/aromatic N) is 1. The van der Waals surface area contributed by atoms with Crippen molar-refractivity contribution in [3.63, 3.8) is 0 Å². The van der Waals surface area contributed by atoms with Crippen LogP contribution in [0.3, 0.4) is 0 Å². The van der Waals surface area contributed by atoms with Gasteiger partial charge in [-0.05, 0) is 58.4 Å². The minimum Gasteiger partial charge on any atom is -0.494 e. The van der Waals surface area contributed by atoms with Crippen LogP contribution >= 0.6 is 15.9 Å². The van der Waals surface area contributed by atoms with Gasteiger partial charge in [-0.1, -0.05) is 15.9 Å². The largest absolute Gasteiger partial charge is 0.494 e. The van der Waals surface area contributed by atoms with Crippen LogP contribution in [0.1, 0.15) is 34.1 Å². The molecule has 2 bridgehead atoms. The number of hydrogen-bond acceptors (Lipinski definition) is 6. The lowest BCUT2D eigenvalue weighted by Gasteiger charge is -2.36. The van der Waals surface area contributed by atoms with Crippen molar-refractivity contribution in [2.24, 2.45) is 11.8 Å². The molecule has 7 atom stereocenters. The number of carbonyl (C=O) groups is 3. The number of alkyl halides is 1. The average Bonchev–Trinajstić information content (AvgIpc) is 3.37. The van der Waals surface area contributed by atoms with Crippen LogP contribution in [0, 0.1) is 11.8 Å². The number of carbonyl (C=O) groups excluding carboxylic acids is 3. The number of ether oxygens (including phenoxy) is 2. The van der Waals surface area contributed by atoms with E-state index in [0.29, 0.717) is 24.5 Å². The van der Waals surface area contributed by atoms with Crippen LogP contribution < -0.4 is 15.4 Å². The van der Waals surface area contributed by atoms with Crippen LogP contribution in [0.2, 0.25) is 0 Å². The number of amides is 3. The van der Waals surface area contributed by atoms with Crippen LogP contribution in [-0.4, -0.2) is 75.6 Å². The fraction of sp³-hybridized carbons (Fsp3) is 0.625. The summed E-state index contributed by atoms with van der Waals surface area (Å²) in [4.78, 5) is 41.7. The van der Waals surface area contributed by atoms with E-state index in [-0.39, 0.29) is 35.2 Å². The molecule has 186 valence electrons. The molecule has 3 saturated heterocycles. The van der Waals surface area contributed by atoms with Crippen LogP contribution in [-0.2, 0) is 19.1 Å². The third-order valence-corrected chi connectivity index (χ3v) is 7.73. The Hall–Kier alpha value is -2.17. The first-order valence-corrected chi connectivity index (χ1v) is 12.6. The van der Waals surface area contributed by atoms with Crippen LogP contribution in [0.25, 0.3) is 0 Å². The van der Waals surface area contributed by atoms with Crippen molar-refractivity contribution in [2.45, 2.75) is 68.8 Å². The second-order valence-corrected chi connectivity index (χ2v) is 10.7. The van der Waals surface area contributed by atoms with Crippen molar-refractivity contribution in [1.82, 2.24) is 10.2 Å². The molecular formula is C24H32BrN3O6. The van der Waals surface area contributed by atoms with Gasteiger partial charge in [-0.3, -0.25) is 14.4 Å². The zero-order valence-electron chi connectivity index (χ0n) is 19.8. The van der Waals surface area contributed by atoms with Gasteiger partial charge in [0.15, 0.2) is 0 Å². The molecule has 0 aliphatic carbocycles. The topological polar surface area (TPSA) is 117 Å². The summed E-state index contributed by atoms with van der Waals surface area (Å²) in [5.41, 5.74) is -0.560. The molecule has 3 heterocycles. The molecule has 1 spiro atoms. The van der Waals surface area contributed by atoms with Crippen molar-refractivity contribution < 1.29 is 29.0 Å². The first-order valence-electron chi connectivity index (χ1n) is 11.7. The number of benzene rings is 1. The van der Waals surface area contributed by atoms with Crippen LogP contribution in [0.4, 0.5) is 5.69 Å². The van der Waals surface area contributed by atoms with E-state index in [1.165, 1.54) is 4.90 Å². The summed E-state index contributed by atoms with van der Waals surface area (Å²) in [6.07, 6.45) is -0.122. The maximum atomic E-state index is 13.7. The predicted molar refractivity (Wildman–Crippen MR) is 129 cm³/mol. The van der Waals surface area contributed by atoms with E-state index in [1.807, 2.05) is 20.8 Å². The van der Waals surface area contributed by atoms with Gasteiger partial charge in [0.1, 0.15) is 17.4 Å². The number of aliphatic hydroxyl groups excluding tert-OH is 1. The first kappa shape index (κ1) is 24.9. The highest BCUT2D eigenvalue weighted by Crippen LogP contribution is 2.60. The number of aliphatic hydroxyl groups is 1. The number of anilines is 1. The Morgan fingerprint density at radius 1 is 1.26 bits per heavy atom. The number of hydrogen-bond donors (Lipinski definition) is 3. The van der Waals surface area contributed by atoms with Crippen molar-refractivity contribution >= 4 is 39.3 Å². The zero-order valence-corrected chi connectivity index (χ0v) is 21.4. The number of fused-ring (bicyclic) bond motifs is 1. The quantitative estimate of drug-likeness (QED) is 0.434. The van der Waals surface area contributed by atoms with E-state index in [1.54, 1.807) is 31.2 Å². The van der Waals surface area contributed by atoms with E-state index in [9.17, 15) is 19.5 Å². The number of halogens is 1. The lowest BCUT2D eigenvalue weighted by atomic mass is 9.70. The molecule has 10 heteroatoms. The summed E-state index contributed by atoms with van der Waals surface area (Å²) in [5.74, 6) is -1.89. The molecule has 1 aromatic rings. The Bertz CT molecular complexity index is 957. The summed E-state index contributed by atoms with van der Waals surface area (Å²) in [5, 5.41) is 15.6. The average molecular weight is 538 g/mol. The van der Waals surface area contributed by atoms with Gasteiger partial charge in [0.05, 0.1) is 37.2 Å². The molecule has 0 radical (unpaired) electrons. The molecule has 3 aliphatic heterocycles. The summed E-state index contributed by atoms with van der Waals surface area (Å²) >= 11 is 3.64. The van der Waals surface area contributed by atoms with Gasteiger partial charge in [-0.2, -0.15) is 0 Å². The molecule has 34 heavy (non-hydrogen) atoms. The van der Waals surface area contributed by atoms with Crippen LogP contribution in [0.5, 0.6) is 5.75 Å². The summed E-state index contributed by atoms with van der Waals surface area (Å²) in [6.45, 7) is 7.52. The van der Waals surface area contributed by atoms with Gasteiger partial charge in [-0.15, -0.1) is 0 Å². The number of nitrogens with one attached hydrogen (secondary N) is 2. The van der Waals surface area contributed by atoms with E-state index < -0.39 is 35.6 Å². The van der Waals surface area contributed by atoms with Gasteiger partial charge in [0.25, 0.3) is 0 Å². The molecule has 9 nitrogen and oxygen atoms in total. The highest BCUT2D eigenvalue weighted by atomic mass is 79.9. The van der Waals surface area contributed by atoms with Gasteiger partial charge in [0, 0.05) is 16.6 Å². The molecule has 4 rings (SSSR count). The van der Waals surface area contributed by atoms with Crippen LogP contribution in [0.15, 0.2) is 24.3 Å². The van der Waals surface area contributed by atoms with E-state index in [4.69, 9.17) is 9.47 Å². The molecular weight excluding hydrogens is 506 g/mol. The first-order chi connectivity index (χ1) is 16.1. The van der Waals surface area contributed by atoms with Gasteiger partial charge in [0.2, 0.25) is 17.7 Å². The molecule has 0 aromatic heterocycles. The van der Waals surface area contributed by atoms with Crippen molar-refractivity contribution in [3.8, 4) is 5.75 Å². The molecule has 3 N–H and O–H groups in total. The molecule has 3 unspecified atom stereocenters. The molecule has 0 saturated carbocycles.